The number of hydrogen-bond donors (Lipinski definition) is 0. The lowest BCUT2D eigenvalue weighted by Crippen LogP contribution is -2.20. The molecule has 9 saturated carbocycles. The van der Waals surface area contributed by atoms with Gasteiger partial charge in [0.25, 0.3) is 0 Å². The van der Waals surface area contributed by atoms with Gasteiger partial charge in [0.2, 0.25) is 0 Å². The molecule has 1 spiro atoms. The van der Waals surface area contributed by atoms with Crippen LogP contribution in [0.3, 0.4) is 0 Å². The van der Waals surface area contributed by atoms with Crippen molar-refractivity contribution in [1.29, 1.82) is 0 Å². The van der Waals surface area contributed by atoms with Crippen molar-refractivity contribution in [1.82, 2.24) is 0 Å². The summed E-state index contributed by atoms with van der Waals surface area (Å²) >= 11 is 0. The van der Waals surface area contributed by atoms with Crippen molar-refractivity contribution < 1.29 is 0 Å². The maximum absolute atomic E-state index is 2.37. The topological polar surface area (TPSA) is 0 Å². The van der Waals surface area contributed by atoms with E-state index in [2.05, 4.69) is 111 Å². The molecule has 55 heavy (non-hydrogen) atoms. The zero-order valence-electron chi connectivity index (χ0n) is 41.7. The summed E-state index contributed by atoms with van der Waals surface area (Å²) in [6, 6.07) is 0. The Kier molecular flexibility index (Phi) is 26.7. The van der Waals surface area contributed by atoms with Crippen LogP contribution >= 0.6 is 0 Å². The van der Waals surface area contributed by atoms with Crippen LogP contribution in [-0.2, 0) is 0 Å². The van der Waals surface area contributed by atoms with E-state index in [1.807, 2.05) is 0 Å². The Labute approximate surface area is 351 Å². The molecule has 0 aromatic carbocycles. The van der Waals surface area contributed by atoms with Gasteiger partial charge >= 0.3 is 0 Å². The van der Waals surface area contributed by atoms with Crippen LogP contribution in [0.5, 0.6) is 0 Å². The van der Waals surface area contributed by atoms with E-state index in [9.17, 15) is 0 Å². The first-order chi connectivity index (χ1) is 25.8. The van der Waals surface area contributed by atoms with Gasteiger partial charge in [-0.2, -0.15) is 0 Å². The molecule has 0 heteroatoms. The van der Waals surface area contributed by atoms with Gasteiger partial charge in [-0.05, 0) is 133 Å². The highest BCUT2D eigenvalue weighted by atomic mass is 14.6. The molecule has 0 saturated heterocycles. The molecule has 0 aromatic rings. The Morgan fingerprint density at radius 1 is 0.436 bits per heavy atom. The summed E-state index contributed by atoms with van der Waals surface area (Å²) in [7, 11) is 0. The molecule has 6 atom stereocenters. The monoisotopic (exact) mass is 771 g/mol. The van der Waals surface area contributed by atoms with E-state index in [0.29, 0.717) is 5.41 Å². The highest BCUT2D eigenvalue weighted by Gasteiger charge is 2.59. The van der Waals surface area contributed by atoms with Gasteiger partial charge < -0.3 is 0 Å². The third-order valence-corrected chi connectivity index (χ3v) is 16.3. The van der Waals surface area contributed by atoms with Crippen LogP contribution in [0.4, 0.5) is 0 Å². The lowest BCUT2D eigenvalue weighted by atomic mass is 9.72. The summed E-state index contributed by atoms with van der Waals surface area (Å²) in [5, 5.41) is 0. The lowest BCUT2D eigenvalue weighted by molar-refractivity contribution is 0.190. The van der Waals surface area contributed by atoms with E-state index in [1.165, 1.54) is 148 Å². The summed E-state index contributed by atoms with van der Waals surface area (Å²) in [4.78, 5) is 0. The fourth-order valence-corrected chi connectivity index (χ4v) is 8.84. The molecular weight excluding hydrogens is 661 g/mol. The quantitative estimate of drug-likeness (QED) is 0.236. The molecule has 9 aliphatic rings. The first-order valence-electron chi connectivity index (χ1n) is 25.8. The molecular formula is C55H110. The predicted molar refractivity (Wildman–Crippen MR) is 253 cm³/mol. The van der Waals surface area contributed by atoms with Crippen LogP contribution in [-0.4, -0.2) is 0 Å². The smallest absolute Gasteiger partial charge is 0.0268 e. The molecule has 0 N–H and O–H groups in total. The number of hydrogen-bond acceptors (Lipinski definition) is 0. The molecule has 9 aliphatic carbocycles. The largest absolute Gasteiger partial charge is 0.0654 e. The molecule has 0 bridgehead atoms. The van der Waals surface area contributed by atoms with Crippen molar-refractivity contribution in [3.63, 3.8) is 0 Å². The molecule has 0 amide bonds. The SMILES string of the molecule is CC1(C)CCC1.CC1CC(C)C1.CC1CC1(C)C.CC1CCCC1.CC1CC[C@H]1C.CCC1CC1C.CCC1CCC1.CCCCCCC.C[C@H]1CC12CC2. The van der Waals surface area contributed by atoms with Crippen LogP contribution < -0.4 is 0 Å². The molecule has 0 aliphatic heterocycles. The van der Waals surface area contributed by atoms with Gasteiger partial charge in [0.1, 0.15) is 0 Å². The fraction of sp³-hybridized carbons (Fsp3) is 1.00. The average molecular weight is 771 g/mol. The average Bonchev–Trinajstić information content (AvgIpc) is 4.07. The van der Waals surface area contributed by atoms with Crippen LogP contribution in [0.2, 0.25) is 0 Å². The molecule has 0 heterocycles. The van der Waals surface area contributed by atoms with Crippen molar-refractivity contribution in [3.8, 4) is 0 Å². The molecule has 0 radical (unpaired) electrons. The third kappa shape index (κ3) is 26.0. The summed E-state index contributed by atoms with van der Waals surface area (Å²) in [6.07, 6.45) is 38.1. The van der Waals surface area contributed by atoms with Gasteiger partial charge in [-0.3, -0.25) is 0 Å². The van der Waals surface area contributed by atoms with Gasteiger partial charge in [0, 0.05) is 0 Å². The molecule has 0 aromatic heterocycles. The summed E-state index contributed by atoms with van der Waals surface area (Å²) in [6.45, 7) is 37.0. The minimum absolute atomic E-state index is 0.708. The third-order valence-electron chi connectivity index (χ3n) is 16.3. The highest BCUT2D eigenvalue weighted by molar-refractivity contribution is 5.10. The number of unbranched alkanes of at least 4 members (excludes halogenated alkanes) is 4. The minimum Gasteiger partial charge on any atom is -0.0654 e. The van der Waals surface area contributed by atoms with Gasteiger partial charge in [-0.25, -0.2) is 0 Å². The van der Waals surface area contributed by atoms with Crippen molar-refractivity contribution in [2.45, 2.75) is 278 Å². The van der Waals surface area contributed by atoms with Gasteiger partial charge in [0.15, 0.2) is 0 Å². The Morgan fingerprint density at radius 2 is 0.855 bits per heavy atom. The molecule has 4 unspecified atom stereocenters. The normalized spacial score (nSPS) is 33.6. The fourth-order valence-electron chi connectivity index (χ4n) is 8.84. The van der Waals surface area contributed by atoms with Gasteiger partial charge in [-0.1, -0.05) is 220 Å². The predicted octanol–water partition coefficient (Wildman–Crippen LogP) is 19.6. The van der Waals surface area contributed by atoms with E-state index in [1.54, 1.807) is 19.3 Å². The molecule has 9 fully saturated rings. The second-order valence-electron chi connectivity index (χ2n) is 23.3. The maximum atomic E-state index is 2.37. The first-order valence-corrected chi connectivity index (χ1v) is 25.8. The maximum Gasteiger partial charge on any atom is -0.0268 e. The molecule has 0 nitrogen and oxygen atoms in total. The summed E-state index contributed by atoms with van der Waals surface area (Å²) in [5.74, 6) is 10.6. The standard InChI is InChI=1S/C7H16.C6H10.7C6H12/c1-3-5-7-6-4-2;1-5-4-6(5)2-3-6;1-5-4-6(5,2)3;1-5-3-6(2)4-5;1-6(2)4-3-5-6;1-5-3-4-6(5)2;1-6-4-2-3-5-6;1-3-6-4-5(6)2;1-2-6-4-3-5-6/h3-7H2,1-2H3;5H,2-4H2,1H3;5H,4H2,1-3H3;5-6H,3-4H2,1-2H3;3-5H2,1-2H3;5-6H,3-4H2,1-2H3;6H,2-5H2,1H3;5-6H,3-4H2,1-2H3;6H,2-5H2,1H3/t;5-;;;;5-,6?;;;/m.0...1.../s1. The zero-order valence-corrected chi connectivity index (χ0v) is 41.7. The Bertz CT molecular complexity index is 833. The van der Waals surface area contributed by atoms with Crippen molar-refractivity contribution >= 4 is 0 Å². The summed E-state index contributed by atoms with van der Waals surface area (Å²) in [5.41, 5.74) is 2.39. The molecule has 330 valence electrons. The second-order valence-corrected chi connectivity index (χ2v) is 23.3. The van der Waals surface area contributed by atoms with Gasteiger partial charge in [-0.15, -0.1) is 0 Å². The Hall–Kier alpha value is 0. The number of rotatable bonds is 6. The van der Waals surface area contributed by atoms with Crippen LogP contribution in [0.15, 0.2) is 0 Å². The van der Waals surface area contributed by atoms with E-state index in [4.69, 9.17) is 0 Å². The lowest BCUT2D eigenvalue weighted by Gasteiger charge is -2.33. The molecule has 9 rings (SSSR count). The van der Waals surface area contributed by atoms with Gasteiger partial charge in [0.05, 0.1) is 0 Å². The van der Waals surface area contributed by atoms with Crippen LogP contribution in [0.25, 0.3) is 0 Å². The van der Waals surface area contributed by atoms with E-state index in [0.717, 1.165) is 70.0 Å². The van der Waals surface area contributed by atoms with Crippen LogP contribution in [0, 0.1) is 75.4 Å². The van der Waals surface area contributed by atoms with E-state index < -0.39 is 0 Å². The van der Waals surface area contributed by atoms with Crippen molar-refractivity contribution in [2.24, 2.45) is 75.4 Å². The van der Waals surface area contributed by atoms with Crippen LogP contribution in [0.1, 0.15) is 278 Å². The first kappa shape index (κ1) is 53.0. The van der Waals surface area contributed by atoms with E-state index in [-0.39, 0.29) is 0 Å². The summed E-state index contributed by atoms with van der Waals surface area (Å²) < 4.78 is 0. The van der Waals surface area contributed by atoms with Crippen molar-refractivity contribution in [3.05, 3.63) is 0 Å². The van der Waals surface area contributed by atoms with E-state index >= 15 is 0 Å². The second kappa shape index (κ2) is 27.7. The Morgan fingerprint density at radius 3 is 0.909 bits per heavy atom. The van der Waals surface area contributed by atoms with Crippen molar-refractivity contribution in [2.75, 3.05) is 0 Å². The minimum atomic E-state index is 0.708. The Balaban J connectivity index is 0.000000309. The highest BCUT2D eigenvalue weighted by Crippen LogP contribution is 2.70. The zero-order chi connectivity index (χ0) is 41.7.